The van der Waals surface area contributed by atoms with Crippen LogP contribution >= 0.6 is 27.3 Å². The molecule has 19 heavy (non-hydrogen) atoms. The quantitative estimate of drug-likeness (QED) is 0.885. The van der Waals surface area contributed by atoms with Crippen molar-refractivity contribution >= 4 is 44.0 Å². The molecule has 98 valence electrons. The lowest BCUT2D eigenvalue weighted by Gasteiger charge is -2.24. The van der Waals surface area contributed by atoms with Crippen molar-refractivity contribution in [3.63, 3.8) is 0 Å². The van der Waals surface area contributed by atoms with Crippen molar-refractivity contribution in [2.75, 3.05) is 17.2 Å². The third-order valence-electron chi connectivity index (χ3n) is 3.10. The van der Waals surface area contributed by atoms with E-state index < -0.39 is 0 Å². The minimum atomic E-state index is -0.0578. The second-order valence-electron chi connectivity index (χ2n) is 4.40. The van der Waals surface area contributed by atoms with Gasteiger partial charge >= 0.3 is 0 Å². The maximum atomic E-state index is 12.2. The molecule has 4 nitrogen and oxygen atoms in total. The minimum Gasteiger partial charge on any atom is -0.384 e. The number of para-hydroxylation sites is 1. The Labute approximate surface area is 123 Å². The van der Waals surface area contributed by atoms with Crippen molar-refractivity contribution in [3.8, 4) is 0 Å². The Kier molecular flexibility index (Phi) is 3.52. The molecule has 0 aliphatic carbocycles. The minimum absolute atomic E-state index is 0.0175. The fraction of sp³-hybridized carbons (Fsp3) is 0.231. The normalized spacial score (nSPS) is 17.4. The van der Waals surface area contributed by atoms with Crippen LogP contribution in [0.25, 0.3) is 0 Å². The molecule has 0 saturated carbocycles. The zero-order chi connectivity index (χ0) is 13.2. The van der Waals surface area contributed by atoms with Gasteiger partial charge in [-0.2, -0.15) is 0 Å². The summed E-state index contributed by atoms with van der Waals surface area (Å²) in [5.74, 6) is -0.0403. The van der Waals surface area contributed by atoms with Crippen LogP contribution in [0.15, 0.2) is 34.2 Å². The van der Waals surface area contributed by atoms with Gasteiger partial charge in [0.1, 0.15) is 0 Å². The Hall–Kier alpha value is -1.40. The van der Waals surface area contributed by atoms with Crippen molar-refractivity contribution in [1.29, 1.82) is 0 Å². The number of carbonyl (C=O) groups excluding carboxylic acids is 1. The molecule has 1 amide bonds. The summed E-state index contributed by atoms with van der Waals surface area (Å²) in [5.41, 5.74) is 2.32. The van der Waals surface area contributed by atoms with E-state index in [-0.39, 0.29) is 11.8 Å². The van der Waals surface area contributed by atoms with Gasteiger partial charge in [0, 0.05) is 12.2 Å². The first-order chi connectivity index (χ1) is 9.22. The second kappa shape index (κ2) is 5.30. The van der Waals surface area contributed by atoms with E-state index in [1.54, 1.807) is 6.20 Å². The standard InChI is InChI=1S/C13H12BrN3OS/c14-11-7-16-13(19-11)17-12(18)9-5-8-3-1-2-4-10(8)15-6-9/h1-4,7,9,15H,5-6H2,(H,16,17,18). The molecule has 0 radical (unpaired) electrons. The Morgan fingerprint density at radius 1 is 1.47 bits per heavy atom. The molecule has 0 spiro atoms. The number of hydrogen-bond donors (Lipinski definition) is 2. The van der Waals surface area contributed by atoms with Crippen molar-refractivity contribution < 1.29 is 4.79 Å². The topological polar surface area (TPSA) is 54.0 Å². The van der Waals surface area contributed by atoms with Gasteiger partial charge in [-0.3, -0.25) is 4.79 Å². The third kappa shape index (κ3) is 2.79. The molecule has 6 heteroatoms. The molecule has 2 aromatic rings. The number of amides is 1. The van der Waals surface area contributed by atoms with Gasteiger partial charge in [0.15, 0.2) is 5.13 Å². The Morgan fingerprint density at radius 3 is 3.11 bits per heavy atom. The molecule has 2 N–H and O–H groups in total. The van der Waals surface area contributed by atoms with Crippen LogP contribution in [0, 0.1) is 5.92 Å². The summed E-state index contributed by atoms with van der Waals surface area (Å²) in [5, 5.41) is 6.79. The van der Waals surface area contributed by atoms with E-state index in [1.165, 1.54) is 16.9 Å². The van der Waals surface area contributed by atoms with E-state index in [1.807, 2.05) is 18.2 Å². The molecule has 1 unspecified atom stereocenters. The lowest BCUT2D eigenvalue weighted by atomic mass is 9.93. The molecule has 1 aromatic carbocycles. The van der Waals surface area contributed by atoms with Crippen LogP contribution in [0.2, 0.25) is 0 Å². The predicted molar refractivity (Wildman–Crippen MR) is 80.6 cm³/mol. The van der Waals surface area contributed by atoms with Crippen LogP contribution in [0.1, 0.15) is 5.56 Å². The highest BCUT2D eigenvalue weighted by molar-refractivity contribution is 9.11. The van der Waals surface area contributed by atoms with Gasteiger partial charge in [-0.15, -0.1) is 0 Å². The van der Waals surface area contributed by atoms with Gasteiger partial charge in [-0.05, 0) is 34.0 Å². The fourth-order valence-electron chi connectivity index (χ4n) is 2.15. The van der Waals surface area contributed by atoms with E-state index in [9.17, 15) is 4.79 Å². The SMILES string of the molecule is O=C(Nc1ncc(Br)s1)C1CNc2ccccc2C1. The average Bonchev–Trinajstić information content (AvgIpc) is 2.83. The zero-order valence-electron chi connectivity index (χ0n) is 10.0. The molecule has 1 aliphatic rings. The summed E-state index contributed by atoms with van der Waals surface area (Å²) in [6.45, 7) is 0.662. The van der Waals surface area contributed by atoms with E-state index in [0.717, 1.165) is 15.9 Å². The number of aromatic nitrogens is 1. The first kappa shape index (κ1) is 12.6. The van der Waals surface area contributed by atoms with Gasteiger partial charge < -0.3 is 10.6 Å². The monoisotopic (exact) mass is 337 g/mol. The summed E-state index contributed by atoms with van der Waals surface area (Å²) in [7, 11) is 0. The van der Waals surface area contributed by atoms with Crippen molar-refractivity contribution in [2.24, 2.45) is 5.92 Å². The molecule has 0 bridgehead atoms. The Morgan fingerprint density at radius 2 is 2.32 bits per heavy atom. The summed E-state index contributed by atoms with van der Waals surface area (Å²) in [6.07, 6.45) is 2.45. The van der Waals surface area contributed by atoms with Crippen molar-refractivity contribution in [1.82, 2.24) is 4.98 Å². The number of nitrogens with one attached hydrogen (secondary N) is 2. The van der Waals surface area contributed by atoms with E-state index in [2.05, 4.69) is 37.6 Å². The summed E-state index contributed by atoms with van der Waals surface area (Å²) in [6, 6.07) is 8.10. The smallest absolute Gasteiger partial charge is 0.231 e. The van der Waals surface area contributed by atoms with Gasteiger partial charge in [0.25, 0.3) is 0 Å². The second-order valence-corrected chi connectivity index (χ2v) is 6.81. The van der Waals surface area contributed by atoms with Gasteiger partial charge in [0.2, 0.25) is 5.91 Å². The summed E-state index contributed by atoms with van der Waals surface area (Å²) < 4.78 is 0.912. The highest BCUT2D eigenvalue weighted by Gasteiger charge is 2.24. The average molecular weight is 338 g/mol. The molecule has 1 aliphatic heterocycles. The molecular formula is C13H12BrN3OS. The van der Waals surface area contributed by atoms with Crippen LogP contribution in [0.3, 0.4) is 0 Å². The molecular weight excluding hydrogens is 326 g/mol. The highest BCUT2D eigenvalue weighted by atomic mass is 79.9. The van der Waals surface area contributed by atoms with E-state index >= 15 is 0 Å². The first-order valence-corrected chi connectivity index (χ1v) is 7.57. The molecule has 0 saturated heterocycles. The fourth-order valence-corrected chi connectivity index (χ4v) is 3.26. The summed E-state index contributed by atoms with van der Waals surface area (Å²) >= 11 is 4.75. The molecule has 0 fully saturated rings. The number of thiazole rings is 1. The predicted octanol–water partition coefficient (Wildman–Crippen LogP) is 3.13. The lowest BCUT2D eigenvalue weighted by Crippen LogP contribution is -2.33. The van der Waals surface area contributed by atoms with Crippen molar-refractivity contribution in [3.05, 3.63) is 39.8 Å². The number of anilines is 2. The number of nitrogens with zero attached hydrogens (tertiary/aromatic N) is 1. The molecule has 2 heterocycles. The lowest BCUT2D eigenvalue weighted by molar-refractivity contribution is -0.119. The van der Waals surface area contributed by atoms with Crippen molar-refractivity contribution in [2.45, 2.75) is 6.42 Å². The Bertz CT molecular complexity index is 613. The number of fused-ring (bicyclic) bond motifs is 1. The highest BCUT2D eigenvalue weighted by Crippen LogP contribution is 2.27. The van der Waals surface area contributed by atoms with Gasteiger partial charge in [0.05, 0.1) is 15.9 Å². The molecule has 1 atom stereocenters. The van der Waals surface area contributed by atoms with Gasteiger partial charge in [-0.25, -0.2) is 4.98 Å². The number of halogens is 1. The largest absolute Gasteiger partial charge is 0.384 e. The molecule has 3 rings (SSSR count). The zero-order valence-corrected chi connectivity index (χ0v) is 12.4. The number of hydrogen-bond acceptors (Lipinski definition) is 4. The van der Waals surface area contributed by atoms with Crippen LogP contribution in [0.4, 0.5) is 10.8 Å². The maximum absolute atomic E-state index is 12.2. The Balaban J connectivity index is 1.69. The summed E-state index contributed by atoms with van der Waals surface area (Å²) in [4.78, 5) is 16.3. The van der Waals surface area contributed by atoms with Crippen LogP contribution < -0.4 is 10.6 Å². The van der Waals surface area contributed by atoms with E-state index in [0.29, 0.717) is 11.7 Å². The van der Waals surface area contributed by atoms with Crippen LogP contribution in [0.5, 0.6) is 0 Å². The number of rotatable bonds is 2. The first-order valence-electron chi connectivity index (χ1n) is 5.96. The maximum Gasteiger partial charge on any atom is 0.231 e. The third-order valence-corrected chi connectivity index (χ3v) is 4.49. The molecule has 1 aromatic heterocycles. The van der Waals surface area contributed by atoms with Crippen LogP contribution in [-0.4, -0.2) is 17.4 Å². The number of carbonyl (C=O) groups is 1. The van der Waals surface area contributed by atoms with Crippen LogP contribution in [-0.2, 0) is 11.2 Å². The van der Waals surface area contributed by atoms with E-state index in [4.69, 9.17) is 0 Å². The number of benzene rings is 1. The van der Waals surface area contributed by atoms with Gasteiger partial charge in [-0.1, -0.05) is 29.5 Å².